The van der Waals surface area contributed by atoms with Gasteiger partial charge in [0.05, 0.1) is 27.7 Å². The summed E-state index contributed by atoms with van der Waals surface area (Å²) in [7, 11) is 0. The van der Waals surface area contributed by atoms with E-state index in [-0.39, 0.29) is 0 Å². The Morgan fingerprint density at radius 3 is 2.29 bits per heavy atom. The Hall–Kier alpha value is -2.78. The Morgan fingerprint density at radius 1 is 0.968 bits per heavy atom. The van der Waals surface area contributed by atoms with Crippen molar-refractivity contribution in [2.45, 2.75) is 12.1 Å². The van der Waals surface area contributed by atoms with Gasteiger partial charge in [-0.05, 0) is 24.3 Å². The third kappa shape index (κ3) is 5.29. The van der Waals surface area contributed by atoms with Gasteiger partial charge in [-0.2, -0.15) is 22.0 Å². The lowest BCUT2D eigenvalue weighted by Crippen LogP contribution is -2.36. The molecule has 2 aromatic heterocycles. The van der Waals surface area contributed by atoms with Crippen molar-refractivity contribution in [2.75, 3.05) is 6.54 Å². The number of aromatic nitrogens is 2. The molecule has 162 valence electrons. The molecule has 0 fully saturated rings. The number of pyridine rings is 2. The summed E-state index contributed by atoms with van der Waals surface area (Å²) in [6, 6.07) is 6.65. The molecule has 0 saturated carbocycles. The van der Waals surface area contributed by atoms with E-state index < -0.39 is 46.4 Å². The van der Waals surface area contributed by atoms with Crippen molar-refractivity contribution in [1.29, 1.82) is 0 Å². The Labute approximate surface area is 183 Å². The van der Waals surface area contributed by atoms with Gasteiger partial charge >= 0.3 is 12.1 Å². The number of rotatable bonds is 5. The van der Waals surface area contributed by atoms with Crippen LogP contribution < -0.4 is 5.32 Å². The van der Waals surface area contributed by atoms with Gasteiger partial charge in [0.15, 0.2) is 0 Å². The molecule has 3 aromatic rings. The van der Waals surface area contributed by atoms with Crippen molar-refractivity contribution in [3.8, 4) is 11.1 Å². The molecule has 1 aromatic carbocycles. The maximum absolute atomic E-state index is 14.6. The summed E-state index contributed by atoms with van der Waals surface area (Å²) in [4.78, 5) is 19.7. The standard InChI is InChI=1S/C20H12Cl2F5N3O/c21-13-5-11(7-28-9-13)12-6-16(22)17(29-8-12)19(23,24)10-30-18(31)14-3-1-2-4-15(14)20(25,26)27/h1-9H,10H2,(H,30,31). The second-order valence-corrected chi connectivity index (χ2v) is 7.22. The summed E-state index contributed by atoms with van der Waals surface area (Å²) >= 11 is 11.8. The fraction of sp³-hybridized carbons (Fsp3) is 0.150. The molecular weight excluding hydrogens is 464 g/mol. The highest BCUT2D eigenvalue weighted by molar-refractivity contribution is 6.31. The molecule has 0 aliphatic heterocycles. The Bertz CT molecular complexity index is 1120. The van der Waals surface area contributed by atoms with E-state index in [9.17, 15) is 26.7 Å². The predicted molar refractivity (Wildman–Crippen MR) is 105 cm³/mol. The molecule has 0 atom stereocenters. The highest BCUT2D eigenvalue weighted by atomic mass is 35.5. The molecule has 0 unspecified atom stereocenters. The summed E-state index contributed by atoms with van der Waals surface area (Å²) in [6.45, 7) is -1.30. The van der Waals surface area contributed by atoms with Crippen molar-refractivity contribution in [3.63, 3.8) is 0 Å². The van der Waals surface area contributed by atoms with E-state index in [1.807, 2.05) is 5.32 Å². The molecule has 2 heterocycles. The number of carbonyl (C=O) groups excluding carboxylic acids is 1. The monoisotopic (exact) mass is 475 g/mol. The number of benzene rings is 1. The highest BCUT2D eigenvalue weighted by Crippen LogP contribution is 2.35. The first-order valence-corrected chi connectivity index (χ1v) is 9.34. The molecule has 0 aliphatic carbocycles. The van der Waals surface area contributed by atoms with Crippen LogP contribution in [0.1, 0.15) is 21.6 Å². The molecule has 31 heavy (non-hydrogen) atoms. The smallest absolute Gasteiger partial charge is 0.346 e. The van der Waals surface area contributed by atoms with Gasteiger partial charge in [-0.25, -0.2) is 0 Å². The van der Waals surface area contributed by atoms with Crippen molar-refractivity contribution in [2.24, 2.45) is 0 Å². The molecule has 1 amide bonds. The zero-order valence-electron chi connectivity index (χ0n) is 15.4. The van der Waals surface area contributed by atoms with Gasteiger partial charge in [-0.15, -0.1) is 0 Å². The van der Waals surface area contributed by atoms with Gasteiger partial charge in [0.25, 0.3) is 5.91 Å². The van der Waals surface area contributed by atoms with E-state index in [1.165, 1.54) is 30.6 Å². The molecule has 0 bridgehead atoms. The minimum Gasteiger partial charge on any atom is -0.346 e. The SMILES string of the molecule is O=C(NCC(F)(F)c1ncc(-c2cncc(Cl)c2)cc1Cl)c1ccccc1C(F)(F)F. The lowest BCUT2D eigenvalue weighted by atomic mass is 10.1. The first-order valence-electron chi connectivity index (χ1n) is 8.58. The Morgan fingerprint density at radius 2 is 1.65 bits per heavy atom. The number of nitrogens with one attached hydrogen (secondary N) is 1. The van der Waals surface area contributed by atoms with E-state index in [0.29, 0.717) is 22.2 Å². The van der Waals surface area contributed by atoms with E-state index in [2.05, 4.69) is 9.97 Å². The minimum atomic E-state index is -4.81. The average molecular weight is 476 g/mol. The molecule has 0 saturated heterocycles. The second-order valence-electron chi connectivity index (χ2n) is 6.38. The largest absolute Gasteiger partial charge is 0.417 e. The van der Waals surface area contributed by atoms with Crippen LogP contribution in [0.15, 0.2) is 55.0 Å². The summed E-state index contributed by atoms with van der Waals surface area (Å²) < 4.78 is 68.3. The highest BCUT2D eigenvalue weighted by Gasteiger charge is 2.38. The predicted octanol–water partition coefficient (Wildman–Crippen LogP) is 5.99. The average Bonchev–Trinajstić information content (AvgIpc) is 2.71. The van der Waals surface area contributed by atoms with Gasteiger partial charge in [0, 0.05) is 29.7 Å². The Kier molecular flexibility index (Phi) is 6.47. The van der Waals surface area contributed by atoms with Crippen LogP contribution in [0.4, 0.5) is 22.0 Å². The minimum absolute atomic E-state index is 0.324. The number of alkyl halides is 5. The van der Waals surface area contributed by atoms with Crippen LogP contribution in [0.2, 0.25) is 10.0 Å². The Balaban J connectivity index is 1.79. The summed E-state index contributed by atoms with van der Waals surface area (Å²) in [6.07, 6.45) is -0.854. The third-order valence-electron chi connectivity index (χ3n) is 4.17. The fourth-order valence-corrected chi connectivity index (χ4v) is 3.21. The first-order chi connectivity index (χ1) is 14.5. The number of amides is 1. The lowest BCUT2D eigenvalue weighted by molar-refractivity contribution is -0.137. The topological polar surface area (TPSA) is 54.9 Å². The zero-order valence-corrected chi connectivity index (χ0v) is 16.9. The van der Waals surface area contributed by atoms with Crippen LogP contribution in [0.25, 0.3) is 11.1 Å². The molecule has 0 radical (unpaired) electrons. The first kappa shape index (κ1) is 22.9. The third-order valence-corrected chi connectivity index (χ3v) is 4.67. The maximum Gasteiger partial charge on any atom is 0.417 e. The van der Waals surface area contributed by atoms with Gasteiger partial charge in [0.2, 0.25) is 0 Å². The van der Waals surface area contributed by atoms with Crippen molar-refractivity contribution >= 4 is 29.1 Å². The van der Waals surface area contributed by atoms with Crippen molar-refractivity contribution in [3.05, 3.63) is 81.9 Å². The number of nitrogens with zero attached hydrogens (tertiary/aromatic N) is 2. The molecule has 1 N–H and O–H groups in total. The molecular formula is C20H12Cl2F5N3O. The van der Waals surface area contributed by atoms with Crippen LogP contribution in [0, 0.1) is 0 Å². The second kappa shape index (κ2) is 8.76. The normalized spacial score (nSPS) is 12.0. The molecule has 11 heteroatoms. The zero-order chi connectivity index (χ0) is 22.8. The van der Waals surface area contributed by atoms with Crippen LogP contribution in [0.3, 0.4) is 0 Å². The summed E-state index contributed by atoms with van der Waals surface area (Å²) in [5.74, 6) is -5.05. The van der Waals surface area contributed by atoms with Crippen molar-refractivity contribution in [1.82, 2.24) is 15.3 Å². The van der Waals surface area contributed by atoms with Crippen LogP contribution >= 0.6 is 23.2 Å². The lowest BCUT2D eigenvalue weighted by Gasteiger charge is -2.19. The molecule has 0 aliphatic rings. The summed E-state index contributed by atoms with van der Waals surface area (Å²) in [5, 5.41) is 1.74. The number of hydrogen-bond acceptors (Lipinski definition) is 3. The number of halogens is 7. The van der Waals surface area contributed by atoms with Crippen LogP contribution in [-0.4, -0.2) is 22.4 Å². The van der Waals surface area contributed by atoms with Gasteiger partial charge in [-0.3, -0.25) is 14.8 Å². The van der Waals surface area contributed by atoms with Crippen molar-refractivity contribution < 1.29 is 26.7 Å². The van der Waals surface area contributed by atoms with E-state index >= 15 is 0 Å². The molecule has 3 rings (SSSR count). The van der Waals surface area contributed by atoms with Crippen LogP contribution in [-0.2, 0) is 12.1 Å². The quantitative estimate of drug-likeness (QED) is 0.461. The maximum atomic E-state index is 14.6. The van der Waals surface area contributed by atoms with Crippen LogP contribution in [0.5, 0.6) is 0 Å². The van der Waals surface area contributed by atoms with Gasteiger partial charge < -0.3 is 5.32 Å². The number of carbonyl (C=O) groups is 1. The number of hydrogen-bond donors (Lipinski definition) is 1. The molecule has 4 nitrogen and oxygen atoms in total. The molecule has 0 spiro atoms. The van der Waals surface area contributed by atoms with E-state index in [1.54, 1.807) is 0 Å². The van der Waals surface area contributed by atoms with E-state index in [4.69, 9.17) is 23.2 Å². The van der Waals surface area contributed by atoms with Gasteiger partial charge in [0.1, 0.15) is 5.69 Å². The fourth-order valence-electron chi connectivity index (χ4n) is 2.73. The van der Waals surface area contributed by atoms with Gasteiger partial charge in [-0.1, -0.05) is 35.3 Å². The van der Waals surface area contributed by atoms with E-state index in [0.717, 1.165) is 18.3 Å². The summed E-state index contributed by atoms with van der Waals surface area (Å²) in [5.41, 5.74) is -1.96.